The lowest BCUT2D eigenvalue weighted by Crippen LogP contribution is -2.39. The predicted octanol–water partition coefficient (Wildman–Crippen LogP) is 2.76. The van der Waals surface area contributed by atoms with Gasteiger partial charge in [0.2, 0.25) is 0 Å². The summed E-state index contributed by atoms with van der Waals surface area (Å²) in [6.45, 7) is 6.12. The molecule has 1 heteroatoms. The second kappa shape index (κ2) is 3.61. The van der Waals surface area contributed by atoms with E-state index in [1.54, 1.807) is 0 Å². The molecule has 1 heterocycles. The van der Waals surface area contributed by atoms with Crippen LogP contribution in [0.15, 0.2) is 0 Å². The highest BCUT2D eigenvalue weighted by Crippen LogP contribution is 2.42. The first-order valence-electron chi connectivity index (χ1n) is 5.88. The SMILES string of the molecule is CC(C)C1CC2CCCN(C)C2C1. The van der Waals surface area contributed by atoms with Gasteiger partial charge in [0.05, 0.1) is 0 Å². The van der Waals surface area contributed by atoms with Crippen LogP contribution in [0.1, 0.15) is 39.5 Å². The monoisotopic (exact) mass is 181 g/mol. The lowest BCUT2D eigenvalue weighted by atomic mass is 9.91. The summed E-state index contributed by atoms with van der Waals surface area (Å²) in [6.07, 6.45) is 5.91. The van der Waals surface area contributed by atoms with Crippen LogP contribution in [0.4, 0.5) is 0 Å². The summed E-state index contributed by atoms with van der Waals surface area (Å²) < 4.78 is 0. The second-order valence-electron chi connectivity index (χ2n) is 5.43. The third kappa shape index (κ3) is 1.76. The van der Waals surface area contributed by atoms with Crippen LogP contribution < -0.4 is 0 Å². The van der Waals surface area contributed by atoms with Crippen molar-refractivity contribution in [2.24, 2.45) is 17.8 Å². The van der Waals surface area contributed by atoms with Crippen molar-refractivity contribution in [3.63, 3.8) is 0 Å². The molecule has 0 radical (unpaired) electrons. The first-order chi connectivity index (χ1) is 6.18. The van der Waals surface area contributed by atoms with Gasteiger partial charge in [0.1, 0.15) is 0 Å². The summed E-state index contributed by atoms with van der Waals surface area (Å²) >= 11 is 0. The Kier molecular flexibility index (Phi) is 2.64. The Morgan fingerprint density at radius 2 is 2.00 bits per heavy atom. The molecule has 3 atom stereocenters. The molecular weight excluding hydrogens is 158 g/mol. The van der Waals surface area contributed by atoms with Gasteiger partial charge in [-0.15, -0.1) is 0 Å². The molecule has 0 aromatic rings. The van der Waals surface area contributed by atoms with Crippen molar-refractivity contribution in [3.8, 4) is 0 Å². The van der Waals surface area contributed by atoms with Crippen LogP contribution in [0.2, 0.25) is 0 Å². The van der Waals surface area contributed by atoms with Crippen LogP contribution in [0, 0.1) is 17.8 Å². The Hall–Kier alpha value is -0.0400. The number of piperidine rings is 1. The molecule has 0 aromatic carbocycles. The normalized spacial score (nSPS) is 41.1. The van der Waals surface area contributed by atoms with Crippen molar-refractivity contribution in [2.45, 2.75) is 45.6 Å². The summed E-state index contributed by atoms with van der Waals surface area (Å²) in [5, 5.41) is 0. The van der Waals surface area contributed by atoms with E-state index >= 15 is 0 Å². The quantitative estimate of drug-likeness (QED) is 0.601. The summed E-state index contributed by atoms with van der Waals surface area (Å²) in [5.74, 6) is 2.95. The van der Waals surface area contributed by atoms with Gasteiger partial charge >= 0.3 is 0 Å². The first-order valence-corrected chi connectivity index (χ1v) is 5.88. The maximum atomic E-state index is 2.61. The highest BCUT2D eigenvalue weighted by molar-refractivity contribution is 4.92. The maximum Gasteiger partial charge on any atom is 0.0123 e. The van der Waals surface area contributed by atoms with Crippen molar-refractivity contribution in [1.82, 2.24) is 4.90 Å². The standard InChI is InChI=1S/C12H23N/c1-9(2)11-7-10-5-4-6-13(3)12(10)8-11/h9-12H,4-8H2,1-3H3. The van der Waals surface area contributed by atoms with Gasteiger partial charge in [0, 0.05) is 6.04 Å². The van der Waals surface area contributed by atoms with E-state index < -0.39 is 0 Å². The Labute approximate surface area is 82.5 Å². The molecule has 0 aromatic heterocycles. The fraction of sp³-hybridized carbons (Fsp3) is 1.00. The molecule has 13 heavy (non-hydrogen) atoms. The summed E-state index contributed by atoms with van der Waals surface area (Å²) in [4.78, 5) is 2.61. The minimum absolute atomic E-state index is 0.902. The van der Waals surface area contributed by atoms with Crippen LogP contribution in [0.25, 0.3) is 0 Å². The Bertz CT molecular complexity index is 176. The molecule has 3 unspecified atom stereocenters. The van der Waals surface area contributed by atoms with Crippen molar-refractivity contribution < 1.29 is 0 Å². The van der Waals surface area contributed by atoms with E-state index in [0.717, 1.165) is 23.8 Å². The van der Waals surface area contributed by atoms with Gasteiger partial charge in [-0.25, -0.2) is 0 Å². The van der Waals surface area contributed by atoms with Crippen LogP contribution in [0.3, 0.4) is 0 Å². The number of fused-ring (bicyclic) bond motifs is 1. The highest BCUT2D eigenvalue weighted by atomic mass is 15.1. The van der Waals surface area contributed by atoms with Gasteiger partial charge in [-0.05, 0) is 57.0 Å². The third-order valence-electron chi connectivity index (χ3n) is 4.29. The zero-order valence-corrected chi connectivity index (χ0v) is 9.29. The number of likely N-dealkylation sites (tertiary alicyclic amines) is 1. The fourth-order valence-electron chi connectivity index (χ4n) is 3.31. The molecule has 76 valence electrons. The molecule has 1 saturated carbocycles. The van der Waals surface area contributed by atoms with Crippen molar-refractivity contribution >= 4 is 0 Å². The molecule has 1 aliphatic heterocycles. The number of hydrogen-bond acceptors (Lipinski definition) is 1. The molecule has 2 fully saturated rings. The van der Waals surface area contributed by atoms with Gasteiger partial charge in [0.25, 0.3) is 0 Å². The molecule has 0 N–H and O–H groups in total. The van der Waals surface area contributed by atoms with Crippen molar-refractivity contribution in [1.29, 1.82) is 0 Å². The summed E-state index contributed by atoms with van der Waals surface area (Å²) in [6, 6.07) is 0.932. The van der Waals surface area contributed by atoms with Crippen molar-refractivity contribution in [3.05, 3.63) is 0 Å². The zero-order chi connectivity index (χ0) is 9.42. The Morgan fingerprint density at radius 1 is 1.23 bits per heavy atom. The Balaban J connectivity index is 2.00. The molecule has 0 bridgehead atoms. The predicted molar refractivity (Wildman–Crippen MR) is 56.7 cm³/mol. The summed E-state index contributed by atoms with van der Waals surface area (Å²) in [5.41, 5.74) is 0. The van der Waals surface area contributed by atoms with E-state index in [2.05, 4.69) is 25.8 Å². The Morgan fingerprint density at radius 3 is 2.62 bits per heavy atom. The van der Waals surface area contributed by atoms with Crippen LogP contribution in [-0.4, -0.2) is 24.5 Å². The lowest BCUT2D eigenvalue weighted by Gasteiger charge is -2.34. The summed E-state index contributed by atoms with van der Waals surface area (Å²) in [7, 11) is 2.32. The highest BCUT2D eigenvalue weighted by Gasteiger charge is 2.39. The molecule has 2 rings (SSSR count). The number of rotatable bonds is 1. The largest absolute Gasteiger partial charge is 0.303 e. The third-order valence-corrected chi connectivity index (χ3v) is 4.29. The maximum absolute atomic E-state index is 2.61. The van der Waals surface area contributed by atoms with E-state index in [9.17, 15) is 0 Å². The van der Waals surface area contributed by atoms with E-state index in [1.165, 1.54) is 32.2 Å². The van der Waals surface area contributed by atoms with Gasteiger partial charge < -0.3 is 4.90 Å². The van der Waals surface area contributed by atoms with Crippen LogP contribution >= 0.6 is 0 Å². The number of nitrogens with zero attached hydrogens (tertiary/aromatic N) is 1. The number of hydrogen-bond donors (Lipinski definition) is 0. The fourth-order valence-corrected chi connectivity index (χ4v) is 3.31. The van der Waals surface area contributed by atoms with E-state index in [1.807, 2.05) is 0 Å². The molecule has 2 aliphatic rings. The van der Waals surface area contributed by atoms with Gasteiger partial charge in [-0.2, -0.15) is 0 Å². The van der Waals surface area contributed by atoms with E-state index in [-0.39, 0.29) is 0 Å². The minimum atomic E-state index is 0.902. The average Bonchev–Trinajstić information content (AvgIpc) is 2.49. The smallest absolute Gasteiger partial charge is 0.0123 e. The zero-order valence-electron chi connectivity index (χ0n) is 9.29. The molecule has 1 saturated heterocycles. The lowest BCUT2D eigenvalue weighted by molar-refractivity contribution is 0.144. The molecular formula is C12H23N. The minimum Gasteiger partial charge on any atom is -0.303 e. The average molecular weight is 181 g/mol. The van der Waals surface area contributed by atoms with Crippen molar-refractivity contribution in [2.75, 3.05) is 13.6 Å². The molecule has 1 nitrogen and oxygen atoms in total. The first kappa shape index (κ1) is 9.51. The van der Waals surface area contributed by atoms with Crippen LogP contribution in [0.5, 0.6) is 0 Å². The van der Waals surface area contributed by atoms with Gasteiger partial charge in [0.15, 0.2) is 0 Å². The van der Waals surface area contributed by atoms with E-state index in [4.69, 9.17) is 0 Å². The molecule has 0 amide bonds. The topological polar surface area (TPSA) is 3.24 Å². The van der Waals surface area contributed by atoms with E-state index in [0.29, 0.717) is 0 Å². The molecule has 0 spiro atoms. The van der Waals surface area contributed by atoms with Crippen LogP contribution in [-0.2, 0) is 0 Å². The van der Waals surface area contributed by atoms with Gasteiger partial charge in [-0.1, -0.05) is 13.8 Å². The second-order valence-corrected chi connectivity index (χ2v) is 5.43. The van der Waals surface area contributed by atoms with Gasteiger partial charge in [-0.3, -0.25) is 0 Å². The molecule has 1 aliphatic carbocycles.